The Bertz CT molecular complexity index is 846. The van der Waals surface area contributed by atoms with E-state index in [9.17, 15) is 9.59 Å². The molecular formula is C22H26N2O3. The zero-order valence-corrected chi connectivity index (χ0v) is 16.1. The van der Waals surface area contributed by atoms with Gasteiger partial charge in [0.1, 0.15) is 5.60 Å². The molecule has 0 radical (unpaired) electrons. The predicted molar refractivity (Wildman–Crippen MR) is 103 cm³/mol. The van der Waals surface area contributed by atoms with Crippen LogP contribution in [0.2, 0.25) is 0 Å². The van der Waals surface area contributed by atoms with E-state index in [2.05, 4.69) is 38.6 Å². The van der Waals surface area contributed by atoms with E-state index in [-0.39, 0.29) is 17.9 Å². The molecule has 27 heavy (non-hydrogen) atoms. The highest BCUT2D eigenvalue weighted by Crippen LogP contribution is 2.52. The molecule has 1 aromatic carbocycles. The highest BCUT2D eigenvalue weighted by Gasteiger charge is 2.66. The number of fused-ring (bicyclic) bond motifs is 1. The van der Waals surface area contributed by atoms with Gasteiger partial charge in [-0.1, -0.05) is 36.4 Å². The van der Waals surface area contributed by atoms with Crippen molar-refractivity contribution in [2.75, 3.05) is 20.1 Å². The Balaban J connectivity index is 1.58. The standard InChI is InChI=1S/C22H26N2O3/c1-5-10-23(4)20(25)18-17-8-9-22(27-17)13-24(21(26)19(18)22)12-16-7-6-14(2)15(3)11-16/h5-9,11,17-19H,1,10,12-13H2,2-4H3/t17-,18?,19?,22-/m0/s1. The summed E-state index contributed by atoms with van der Waals surface area (Å²) in [5.74, 6) is -0.904. The molecule has 2 unspecified atom stereocenters. The summed E-state index contributed by atoms with van der Waals surface area (Å²) in [6.45, 7) is 9.37. The Hall–Kier alpha value is -2.40. The van der Waals surface area contributed by atoms with Gasteiger partial charge in [0.05, 0.1) is 24.5 Å². The number of aryl methyl sites for hydroxylation is 2. The SMILES string of the molecule is C=CCN(C)C(=O)C1C2C(=O)N(Cc3ccc(C)c(C)c3)C[C@@]23C=C[C@@H]1O3. The predicted octanol–water partition coefficient (Wildman–Crippen LogP) is 2.23. The van der Waals surface area contributed by atoms with Crippen molar-refractivity contribution in [3.63, 3.8) is 0 Å². The fraction of sp³-hybridized carbons (Fsp3) is 0.455. The number of ether oxygens (including phenoxy) is 1. The monoisotopic (exact) mass is 366 g/mol. The molecule has 5 nitrogen and oxygen atoms in total. The summed E-state index contributed by atoms with van der Waals surface area (Å²) < 4.78 is 6.18. The third-order valence-electron chi connectivity index (χ3n) is 6.19. The lowest BCUT2D eigenvalue weighted by Gasteiger charge is -2.27. The van der Waals surface area contributed by atoms with E-state index in [0.29, 0.717) is 19.6 Å². The summed E-state index contributed by atoms with van der Waals surface area (Å²) in [5, 5.41) is 0. The van der Waals surface area contributed by atoms with E-state index < -0.39 is 17.4 Å². The third kappa shape index (κ3) is 2.72. The second kappa shape index (κ2) is 6.34. The molecule has 2 bridgehead atoms. The van der Waals surface area contributed by atoms with Gasteiger partial charge in [-0.25, -0.2) is 0 Å². The summed E-state index contributed by atoms with van der Waals surface area (Å²) in [6.07, 6.45) is 5.34. The van der Waals surface area contributed by atoms with Crippen LogP contribution in [0.3, 0.4) is 0 Å². The maximum atomic E-state index is 13.2. The number of hydrogen-bond acceptors (Lipinski definition) is 3. The van der Waals surface area contributed by atoms with Crippen molar-refractivity contribution in [2.24, 2.45) is 11.8 Å². The summed E-state index contributed by atoms with van der Waals surface area (Å²) in [7, 11) is 1.75. The number of carbonyl (C=O) groups excluding carboxylic acids is 2. The summed E-state index contributed by atoms with van der Waals surface area (Å²) in [5.41, 5.74) is 2.90. The Labute approximate surface area is 160 Å². The van der Waals surface area contributed by atoms with Gasteiger partial charge in [0.25, 0.3) is 0 Å². The Morgan fingerprint density at radius 3 is 2.89 bits per heavy atom. The number of benzene rings is 1. The number of rotatable bonds is 5. The molecule has 3 aliphatic heterocycles. The Kier molecular flexibility index (Phi) is 4.22. The van der Waals surface area contributed by atoms with E-state index >= 15 is 0 Å². The molecular weight excluding hydrogens is 340 g/mol. The molecule has 2 amide bonds. The minimum absolute atomic E-state index is 0.0189. The van der Waals surface area contributed by atoms with Gasteiger partial charge in [0.2, 0.25) is 11.8 Å². The molecule has 142 valence electrons. The van der Waals surface area contributed by atoms with Gasteiger partial charge >= 0.3 is 0 Å². The number of nitrogens with zero attached hydrogens (tertiary/aromatic N) is 2. The molecule has 3 heterocycles. The van der Waals surface area contributed by atoms with E-state index in [1.54, 1.807) is 18.0 Å². The topological polar surface area (TPSA) is 49.9 Å². The highest BCUT2D eigenvalue weighted by molar-refractivity contribution is 5.93. The van der Waals surface area contributed by atoms with Crippen molar-refractivity contribution < 1.29 is 14.3 Å². The fourth-order valence-electron chi connectivity index (χ4n) is 4.65. The normalized spacial score (nSPS) is 30.7. The van der Waals surface area contributed by atoms with Gasteiger partial charge in [0, 0.05) is 20.1 Å². The molecule has 5 heteroatoms. The number of carbonyl (C=O) groups is 2. The lowest BCUT2D eigenvalue weighted by Crippen LogP contribution is -2.44. The van der Waals surface area contributed by atoms with Crippen LogP contribution in [0.5, 0.6) is 0 Å². The molecule has 4 atom stereocenters. The quantitative estimate of drug-likeness (QED) is 0.751. The number of amides is 2. The maximum absolute atomic E-state index is 13.2. The fourth-order valence-corrected chi connectivity index (χ4v) is 4.65. The lowest BCUT2D eigenvalue weighted by atomic mass is 9.76. The largest absolute Gasteiger partial charge is 0.360 e. The molecule has 1 aromatic rings. The van der Waals surface area contributed by atoms with Crippen molar-refractivity contribution >= 4 is 11.8 Å². The number of likely N-dealkylation sites (N-methyl/N-ethyl adjacent to an activating group) is 1. The molecule has 0 saturated carbocycles. The average Bonchev–Trinajstić information content (AvgIpc) is 3.26. The first kappa shape index (κ1) is 18.0. The van der Waals surface area contributed by atoms with Crippen LogP contribution >= 0.6 is 0 Å². The summed E-state index contributed by atoms with van der Waals surface area (Å²) in [6, 6.07) is 6.28. The second-order valence-corrected chi connectivity index (χ2v) is 8.02. The molecule has 2 saturated heterocycles. The second-order valence-electron chi connectivity index (χ2n) is 8.02. The van der Waals surface area contributed by atoms with E-state index in [0.717, 1.165) is 5.56 Å². The Morgan fingerprint density at radius 2 is 2.19 bits per heavy atom. The average molecular weight is 366 g/mol. The van der Waals surface area contributed by atoms with Crippen LogP contribution in [0, 0.1) is 25.7 Å². The number of hydrogen-bond donors (Lipinski definition) is 0. The van der Waals surface area contributed by atoms with Crippen LogP contribution in [-0.4, -0.2) is 53.5 Å². The minimum atomic E-state index is -0.656. The minimum Gasteiger partial charge on any atom is -0.360 e. The van der Waals surface area contributed by atoms with E-state index in [1.165, 1.54) is 11.1 Å². The first-order valence-corrected chi connectivity index (χ1v) is 9.44. The van der Waals surface area contributed by atoms with Crippen LogP contribution < -0.4 is 0 Å². The van der Waals surface area contributed by atoms with Crippen LogP contribution in [0.15, 0.2) is 43.0 Å². The van der Waals surface area contributed by atoms with Gasteiger partial charge in [-0.15, -0.1) is 6.58 Å². The first-order chi connectivity index (χ1) is 12.9. The van der Waals surface area contributed by atoms with Gasteiger partial charge in [0.15, 0.2) is 0 Å². The molecule has 1 spiro atoms. The van der Waals surface area contributed by atoms with E-state index in [1.807, 2.05) is 17.1 Å². The molecule has 0 N–H and O–H groups in total. The molecule has 0 aromatic heterocycles. The smallest absolute Gasteiger partial charge is 0.230 e. The van der Waals surface area contributed by atoms with Crippen molar-refractivity contribution in [3.05, 3.63) is 59.7 Å². The molecule has 4 rings (SSSR count). The summed E-state index contributed by atoms with van der Waals surface area (Å²) in [4.78, 5) is 29.7. The van der Waals surface area contributed by atoms with Crippen molar-refractivity contribution in [2.45, 2.75) is 32.1 Å². The van der Waals surface area contributed by atoms with Gasteiger partial charge in [-0.2, -0.15) is 0 Å². The van der Waals surface area contributed by atoms with Crippen LogP contribution in [0.25, 0.3) is 0 Å². The van der Waals surface area contributed by atoms with Crippen LogP contribution in [-0.2, 0) is 20.9 Å². The van der Waals surface area contributed by atoms with E-state index in [4.69, 9.17) is 4.74 Å². The van der Waals surface area contributed by atoms with Crippen molar-refractivity contribution in [1.29, 1.82) is 0 Å². The molecule has 3 aliphatic rings. The van der Waals surface area contributed by atoms with Crippen molar-refractivity contribution in [1.82, 2.24) is 9.80 Å². The lowest BCUT2D eigenvalue weighted by molar-refractivity contribution is -0.142. The highest BCUT2D eigenvalue weighted by atomic mass is 16.5. The summed E-state index contributed by atoms with van der Waals surface area (Å²) >= 11 is 0. The van der Waals surface area contributed by atoms with Crippen molar-refractivity contribution in [3.8, 4) is 0 Å². The first-order valence-electron chi connectivity index (χ1n) is 9.44. The van der Waals surface area contributed by atoms with Gasteiger partial charge in [-0.3, -0.25) is 9.59 Å². The molecule has 2 fully saturated rings. The molecule has 0 aliphatic carbocycles. The maximum Gasteiger partial charge on any atom is 0.230 e. The number of likely N-dealkylation sites (tertiary alicyclic amines) is 1. The van der Waals surface area contributed by atoms with Crippen LogP contribution in [0.1, 0.15) is 16.7 Å². The van der Waals surface area contributed by atoms with Crippen LogP contribution in [0.4, 0.5) is 0 Å². The zero-order chi connectivity index (χ0) is 19.3. The zero-order valence-electron chi connectivity index (χ0n) is 16.1. The van der Waals surface area contributed by atoms with Gasteiger partial charge < -0.3 is 14.5 Å². The van der Waals surface area contributed by atoms with Gasteiger partial charge in [-0.05, 0) is 30.5 Å². The third-order valence-corrected chi connectivity index (χ3v) is 6.19. The Morgan fingerprint density at radius 1 is 1.41 bits per heavy atom.